The molecule has 1 aromatic heterocycles. The summed E-state index contributed by atoms with van der Waals surface area (Å²) >= 11 is 0. The molecule has 1 amide bonds. The quantitative estimate of drug-likeness (QED) is 0.763. The molecule has 0 radical (unpaired) electrons. The summed E-state index contributed by atoms with van der Waals surface area (Å²) < 4.78 is 0. The van der Waals surface area contributed by atoms with E-state index in [1.54, 1.807) is 6.20 Å². The molecule has 2 atom stereocenters. The first-order valence-corrected chi connectivity index (χ1v) is 6.36. The molecule has 3 rings (SSSR count). The molecule has 6 heteroatoms. The molecule has 1 aromatic rings. The van der Waals surface area contributed by atoms with Gasteiger partial charge in [-0.2, -0.15) is 0 Å². The monoisotopic (exact) mass is 247 g/mol. The summed E-state index contributed by atoms with van der Waals surface area (Å²) in [5.41, 5.74) is 5.63. The fraction of sp³-hybridized carbons (Fsp3) is 0.583. The Bertz CT molecular complexity index is 464. The van der Waals surface area contributed by atoms with Crippen molar-refractivity contribution in [2.45, 2.75) is 31.3 Å². The third-order valence-corrected chi connectivity index (χ3v) is 3.74. The summed E-state index contributed by atoms with van der Waals surface area (Å²) in [6.07, 6.45) is 6.63. The molecule has 2 unspecified atom stereocenters. The van der Waals surface area contributed by atoms with Crippen LogP contribution in [0.25, 0.3) is 0 Å². The van der Waals surface area contributed by atoms with Gasteiger partial charge in [0.15, 0.2) is 11.5 Å². The van der Waals surface area contributed by atoms with Crippen LogP contribution >= 0.6 is 0 Å². The molecule has 2 bridgehead atoms. The Kier molecular flexibility index (Phi) is 2.87. The van der Waals surface area contributed by atoms with Crippen molar-refractivity contribution < 1.29 is 4.79 Å². The fourth-order valence-corrected chi connectivity index (χ4v) is 2.87. The summed E-state index contributed by atoms with van der Waals surface area (Å²) in [6.45, 7) is 1.77. The smallest absolute Gasteiger partial charge is 0.271 e. The second-order valence-electron chi connectivity index (χ2n) is 4.97. The van der Waals surface area contributed by atoms with Gasteiger partial charge in [-0.05, 0) is 19.3 Å². The number of hydrogen-bond acceptors (Lipinski definition) is 5. The molecule has 0 aromatic carbocycles. The van der Waals surface area contributed by atoms with E-state index in [1.807, 2.05) is 0 Å². The van der Waals surface area contributed by atoms with Gasteiger partial charge in [0.05, 0.1) is 0 Å². The topological polar surface area (TPSA) is 84.1 Å². The zero-order chi connectivity index (χ0) is 12.5. The molecule has 2 aliphatic rings. The Balaban J connectivity index is 1.88. The number of rotatable bonds is 2. The maximum absolute atomic E-state index is 11.4. The lowest BCUT2D eigenvalue weighted by Crippen LogP contribution is -2.37. The van der Waals surface area contributed by atoms with Gasteiger partial charge >= 0.3 is 0 Å². The van der Waals surface area contributed by atoms with E-state index >= 15 is 0 Å². The predicted molar refractivity (Wildman–Crippen MR) is 67.3 cm³/mol. The van der Waals surface area contributed by atoms with E-state index in [2.05, 4.69) is 20.2 Å². The normalized spacial score (nSPS) is 27.0. The van der Waals surface area contributed by atoms with E-state index in [0.29, 0.717) is 17.9 Å². The minimum atomic E-state index is -0.513. The first kappa shape index (κ1) is 11.4. The lowest BCUT2D eigenvalue weighted by Gasteiger charge is -2.25. The molecule has 6 nitrogen and oxygen atoms in total. The summed E-state index contributed by atoms with van der Waals surface area (Å²) in [7, 11) is 0. The first-order chi connectivity index (χ1) is 8.74. The van der Waals surface area contributed by atoms with Crippen LogP contribution in [0.2, 0.25) is 0 Å². The number of primary amides is 1. The maximum Gasteiger partial charge on any atom is 0.271 e. The predicted octanol–water partition coefficient (Wildman–Crippen LogP) is -0.0938. The van der Waals surface area contributed by atoms with Crippen molar-refractivity contribution >= 4 is 11.7 Å². The van der Waals surface area contributed by atoms with Crippen molar-refractivity contribution in [3.05, 3.63) is 18.1 Å². The lowest BCUT2D eigenvalue weighted by molar-refractivity contribution is 0.0995. The number of nitrogens with zero attached hydrogens (tertiary/aromatic N) is 3. The lowest BCUT2D eigenvalue weighted by atomic mass is 10.1. The van der Waals surface area contributed by atoms with Gasteiger partial charge in [0, 0.05) is 37.6 Å². The summed E-state index contributed by atoms with van der Waals surface area (Å²) in [6, 6.07) is 1.09. The number of anilines is 1. The summed E-state index contributed by atoms with van der Waals surface area (Å²) in [5.74, 6) is 0.111. The Hall–Kier alpha value is -1.69. The summed E-state index contributed by atoms with van der Waals surface area (Å²) in [5, 5.41) is 3.60. The van der Waals surface area contributed by atoms with Gasteiger partial charge < -0.3 is 16.0 Å². The van der Waals surface area contributed by atoms with Crippen LogP contribution in [-0.2, 0) is 0 Å². The molecule has 96 valence electrons. The van der Waals surface area contributed by atoms with Crippen molar-refractivity contribution in [1.82, 2.24) is 15.3 Å². The number of hydrogen-bond donors (Lipinski definition) is 2. The number of fused-ring (bicyclic) bond motifs is 2. The highest BCUT2D eigenvalue weighted by Crippen LogP contribution is 2.24. The third-order valence-electron chi connectivity index (χ3n) is 3.74. The van der Waals surface area contributed by atoms with E-state index in [-0.39, 0.29) is 5.69 Å². The van der Waals surface area contributed by atoms with Gasteiger partial charge in [0.25, 0.3) is 5.91 Å². The van der Waals surface area contributed by atoms with E-state index in [0.717, 1.165) is 19.5 Å². The van der Waals surface area contributed by atoms with Crippen molar-refractivity contribution in [1.29, 1.82) is 0 Å². The molecule has 3 heterocycles. The van der Waals surface area contributed by atoms with Gasteiger partial charge in [-0.25, -0.2) is 9.97 Å². The van der Waals surface area contributed by atoms with Crippen LogP contribution in [0.15, 0.2) is 12.4 Å². The third kappa shape index (κ3) is 2.03. The molecule has 0 saturated carbocycles. The van der Waals surface area contributed by atoms with Gasteiger partial charge in [-0.3, -0.25) is 4.79 Å². The molecule has 2 saturated heterocycles. The molecule has 2 aliphatic heterocycles. The Morgan fingerprint density at radius 2 is 2.06 bits per heavy atom. The van der Waals surface area contributed by atoms with Crippen LogP contribution < -0.4 is 16.0 Å². The molecule has 2 fully saturated rings. The van der Waals surface area contributed by atoms with Crippen LogP contribution in [0.1, 0.15) is 29.8 Å². The first-order valence-electron chi connectivity index (χ1n) is 6.36. The van der Waals surface area contributed by atoms with Crippen molar-refractivity contribution in [3.8, 4) is 0 Å². The average Bonchev–Trinajstić information content (AvgIpc) is 2.69. The van der Waals surface area contributed by atoms with Gasteiger partial charge in [-0.1, -0.05) is 0 Å². The Morgan fingerprint density at radius 1 is 1.28 bits per heavy atom. The molecule has 0 aliphatic carbocycles. The van der Waals surface area contributed by atoms with Crippen LogP contribution in [-0.4, -0.2) is 41.0 Å². The highest BCUT2D eigenvalue weighted by molar-refractivity contribution is 5.95. The van der Waals surface area contributed by atoms with Crippen LogP contribution in [0.4, 0.5) is 5.82 Å². The Morgan fingerprint density at radius 3 is 2.89 bits per heavy atom. The minimum absolute atomic E-state index is 0.273. The second kappa shape index (κ2) is 4.53. The highest BCUT2D eigenvalue weighted by Gasteiger charge is 2.31. The summed E-state index contributed by atoms with van der Waals surface area (Å²) in [4.78, 5) is 21.8. The maximum atomic E-state index is 11.4. The van der Waals surface area contributed by atoms with Crippen molar-refractivity contribution in [3.63, 3.8) is 0 Å². The number of amides is 1. The van der Waals surface area contributed by atoms with E-state index in [4.69, 9.17) is 5.73 Å². The average molecular weight is 247 g/mol. The van der Waals surface area contributed by atoms with Crippen LogP contribution in [0.3, 0.4) is 0 Å². The standard InChI is InChI=1S/C12H17N5O/c13-11(18)10-12(15-5-4-14-10)17-6-3-8-1-2-9(7-17)16-8/h4-5,8-9,16H,1-3,6-7H2,(H2,13,18). The minimum Gasteiger partial charge on any atom is -0.364 e. The highest BCUT2D eigenvalue weighted by atomic mass is 16.1. The number of nitrogens with one attached hydrogen (secondary N) is 1. The Labute approximate surface area is 106 Å². The molecule has 0 spiro atoms. The van der Waals surface area contributed by atoms with E-state index in [9.17, 15) is 4.79 Å². The molecular formula is C12H17N5O. The number of carbonyl (C=O) groups is 1. The van der Waals surface area contributed by atoms with Gasteiger partial charge in [0.2, 0.25) is 0 Å². The SMILES string of the molecule is NC(=O)c1nccnc1N1CCC2CCC(C1)N2. The number of nitrogens with two attached hydrogens (primary N) is 1. The second-order valence-corrected chi connectivity index (χ2v) is 4.97. The largest absolute Gasteiger partial charge is 0.364 e. The van der Waals surface area contributed by atoms with Crippen molar-refractivity contribution in [2.75, 3.05) is 18.0 Å². The van der Waals surface area contributed by atoms with Gasteiger partial charge in [0.1, 0.15) is 0 Å². The number of carbonyl (C=O) groups excluding carboxylic acids is 1. The molecule has 3 N–H and O–H groups in total. The van der Waals surface area contributed by atoms with Crippen molar-refractivity contribution in [2.24, 2.45) is 5.73 Å². The van der Waals surface area contributed by atoms with Gasteiger partial charge in [-0.15, -0.1) is 0 Å². The zero-order valence-electron chi connectivity index (χ0n) is 10.2. The molecule has 18 heavy (non-hydrogen) atoms. The van der Waals surface area contributed by atoms with Crippen LogP contribution in [0, 0.1) is 0 Å². The molecular weight excluding hydrogens is 230 g/mol. The zero-order valence-corrected chi connectivity index (χ0v) is 10.2. The van der Waals surface area contributed by atoms with E-state index in [1.165, 1.54) is 19.0 Å². The number of aromatic nitrogens is 2. The van der Waals surface area contributed by atoms with Crippen LogP contribution in [0.5, 0.6) is 0 Å². The fourth-order valence-electron chi connectivity index (χ4n) is 2.87. The van der Waals surface area contributed by atoms with E-state index < -0.39 is 5.91 Å².